The van der Waals surface area contributed by atoms with Gasteiger partial charge in [-0.15, -0.1) is 0 Å². The monoisotopic (exact) mass is 365 g/mol. The first-order valence-electron chi connectivity index (χ1n) is 8.36. The van der Waals surface area contributed by atoms with Gasteiger partial charge >= 0.3 is 5.97 Å². The number of halogens is 1. The minimum absolute atomic E-state index is 0.188. The Balaban J connectivity index is 1.52. The minimum Gasteiger partial charge on any atom is -0.480 e. The Labute approximate surface area is 148 Å². The standard InChI is InChI=1S/C17H20FN3O5/c18-10-1-2-11-13(7-10)20-15(19-11)3-4-16(22)21-12-5-6-25-8-14(12)26-9-17(23)24/h1-2,7,12,14H,3-6,8-9H2,(H,19,20)(H,21,22)(H,23,24)/t12-,14-/m1/s1. The van der Waals surface area contributed by atoms with Gasteiger partial charge in [0.2, 0.25) is 5.91 Å². The van der Waals surface area contributed by atoms with Crippen LogP contribution in [0.15, 0.2) is 18.2 Å². The zero-order valence-electron chi connectivity index (χ0n) is 14.0. The van der Waals surface area contributed by atoms with Crippen LogP contribution in [0, 0.1) is 5.82 Å². The summed E-state index contributed by atoms with van der Waals surface area (Å²) in [7, 11) is 0. The molecule has 0 saturated carbocycles. The first kappa shape index (κ1) is 18.3. The maximum Gasteiger partial charge on any atom is 0.329 e. The molecular formula is C17H20FN3O5. The summed E-state index contributed by atoms with van der Waals surface area (Å²) in [6.07, 6.45) is 0.648. The van der Waals surface area contributed by atoms with E-state index in [1.807, 2.05) is 0 Å². The third kappa shape index (κ3) is 4.77. The summed E-state index contributed by atoms with van der Waals surface area (Å²) in [4.78, 5) is 30.2. The number of carboxylic acids is 1. The zero-order valence-corrected chi connectivity index (χ0v) is 14.0. The number of aromatic nitrogens is 2. The van der Waals surface area contributed by atoms with Gasteiger partial charge < -0.3 is 24.9 Å². The Hall–Kier alpha value is -2.52. The zero-order chi connectivity index (χ0) is 18.5. The number of fused-ring (bicyclic) bond motifs is 1. The van der Waals surface area contributed by atoms with E-state index in [9.17, 15) is 14.0 Å². The normalized spacial score (nSPS) is 20.2. The maximum atomic E-state index is 13.2. The Morgan fingerprint density at radius 3 is 3.12 bits per heavy atom. The molecule has 140 valence electrons. The van der Waals surface area contributed by atoms with Gasteiger partial charge in [0, 0.05) is 19.4 Å². The van der Waals surface area contributed by atoms with Crippen LogP contribution in [0.2, 0.25) is 0 Å². The van der Waals surface area contributed by atoms with Crippen LogP contribution in [0.3, 0.4) is 0 Å². The number of ether oxygens (including phenoxy) is 2. The molecular weight excluding hydrogens is 345 g/mol. The van der Waals surface area contributed by atoms with E-state index < -0.39 is 18.7 Å². The Morgan fingerprint density at radius 2 is 2.31 bits per heavy atom. The molecule has 2 heterocycles. The summed E-state index contributed by atoms with van der Waals surface area (Å²) in [6.45, 7) is 0.288. The number of aliphatic carboxylic acids is 1. The van der Waals surface area contributed by atoms with Crippen LogP contribution in [-0.4, -0.2) is 58.9 Å². The highest BCUT2D eigenvalue weighted by Crippen LogP contribution is 2.15. The average molecular weight is 365 g/mol. The fraction of sp³-hybridized carbons (Fsp3) is 0.471. The number of hydrogen-bond donors (Lipinski definition) is 3. The summed E-state index contributed by atoms with van der Waals surface area (Å²) in [5, 5.41) is 11.6. The molecule has 0 spiro atoms. The van der Waals surface area contributed by atoms with Crippen molar-refractivity contribution in [3.05, 3.63) is 29.8 Å². The van der Waals surface area contributed by atoms with Crippen molar-refractivity contribution in [2.45, 2.75) is 31.4 Å². The van der Waals surface area contributed by atoms with Crippen LogP contribution in [0.5, 0.6) is 0 Å². The molecule has 0 bridgehead atoms. The topological polar surface area (TPSA) is 114 Å². The van der Waals surface area contributed by atoms with E-state index in [2.05, 4.69) is 15.3 Å². The van der Waals surface area contributed by atoms with E-state index in [-0.39, 0.29) is 30.8 Å². The molecule has 1 aromatic carbocycles. The summed E-state index contributed by atoms with van der Waals surface area (Å²) in [5.41, 5.74) is 1.24. The lowest BCUT2D eigenvalue weighted by Crippen LogP contribution is -2.50. The van der Waals surface area contributed by atoms with Crippen LogP contribution in [0.4, 0.5) is 4.39 Å². The molecule has 8 nitrogen and oxygen atoms in total. The van der Waals surface area contributed by atoms with Gasteiger partial charge in [0.05, 0.1) is 23.7 Å². The molecule has 1 aliphatic rings. The number of imidazole rings is 1. The fourth-order valence-electron chi connectivity index (χ4n) is 2.88. The SMILES string of the molecule is O=C(O)CO[C@@H]1COCC[C@H]1NC(=O)CCc1nc2ccc(F)cc2[nH]1. The first-order chi connectivity index (χ1) is 12.5. The van der Waals surface area contributed by atoms with Gasteiger partial charge in [-0.1, -0.05) is 0 Å². The number of nitrogens with one attached hydrogen (secondary N) is 2. The molecule has 1 fully saturated rings. The van der Waals surface area contributed by atoms with Gasteiger partial charge in [0.15, 0.2) is 0 Å². The predicted molar refractivity (Wildman–Crippen MR) is 89.1 cm³/mol. The van der Waals surface area contributed by atoms with Crippen LogP contribution < -0.4 is 5.32 Å². The number of aromatic amines is 1. The number of rotatable bonds is 7. The molecule has 0 radical (unpaired) electrons. The third-order valence-electron chi connectivity index (χ3n) is 4.15. The predicted octanol–water partition coefficient (Wildman–Crippen LogP) is 1.01. The lowest BCUT2D eigenvalue weighted by molar-refractivity contribution is -0.149. The average Bonchev–Trinajstić information content (AvgIpc) is 3.01. The lowest BCUT2D eigenvalue weighted by Gasteiger charge is -2.31. The quantitative estimate of drug-likeness (QED) is 0.675. The number of nitrogens with zero attached hydrogens (tertiary/aromatic N) is 1. The molecule has 26 heavy (non-hydrogen) atoms. The second-order valence-corrected chi connectivity index (χ2v) is 6.13. The number of carbonyl (C=O) groups is 2. The smallest absolute Gasteiger partial charge is 0.329 e. The summed E-state index contributed by atoms with van der Waals surface area (Å²) < 4.78 is 23.8. The number of amides is 1. The number of benzene rings is 1. The van der Waals surface area contributed by atoms with E-state index >= 15 is 0 Å². The largest absolute Gasteiger partial charge is 0.480 e. The third-order valence-corrected chi connectivity index (χ3v) is 4.15. The van der Waals surface area contributed by atoms with Crippen molar-refractivity contribution in [1.29, 1.82) is 0 Å². The van der Waals surface area contributed by atoms with Crippen LogP contribution >= 0.6 is 0 Å². The van der Waals surface area contributed by atoms with Gasteiger partial charge in [-0.25, -0.2) is 14.2 Å². The Bertz CT molecular complexity index is 794. The lowest BCUT2D eigenvalue weighted by atomic mass is 10.1. The van der Waals surface area contributed by atoms with Gasteiger partial charge in [-0.2, -0.15) is 0 Å². The summed E-state index contributed by atoms with van der Waals surface area (Å²) in [5.74, 6) is -1.00. The fourth-order valence-corrected chi connectivity index (χ4v) is 2.88. The van der Waals surface area contributed by atoms with E-state index in [0.29, 0.717) is 36.3 Å². The molecule has 1 saturated heterocycles. The number of H-pyrrole nitrogens is 1. The summed E-state index contributed by atoms with van der Waals surface area (Å²) >= 11 is 0. The highest BCUT2D eigenvalue weighted by Gasteiger charge is 2.28. The first-order valence-corrected chi connectivity index (χ1v) is 8.36. The van der Waals surface area contributed by atoms with Crippen molar-refractivity contribution in [1.82, 2.24) is 15.3 Å². The summed E-state index contributed by atoms with van der Waals surface area (Å²) in [6, 6.07) is 3.98. The van der Waals surface area contributed by atoms with E-state index in [1.165, 1.54) is 12.1 Å². The molecule has 0 aliphatic carbocycles. The number of hydrogen-bond acceptors (Lipinski definition) is 5. The van der Waals surface area contributed by atoms with Gasteiger partial charge in [0.1, 0.15) is 24.4 Å². The molecule has 1 aromatic heterocycles. The highest BCUT2D eigenvalue weighted by molar-refractivity contribution is 5.77. The molecule has 2 aromatic rings. The van der Waals surface area contributed by atoms with Crippen LogP contribution in [-0.2, 0) is 25.5 Å². The van der Waals surface area contributed by atoms with Crippen LogP contribution in [0.25, 0.3) is 11.0 Å². The second-order valence-electron chi connectivity index (χ2n) is 6.13. The van der Waals surface area contributed by atoms with Crippen molar-refractivity contribution in [3.8, 4) is 0 Å². The molecule has 2 atom stereocenters. The van der Waals surface area contributed by atoms with Gasteiger partial charge in [0.25, 0.3) is 0 Å². The van der Waals surface area contributed by atoms with Crippen molar-refractivity contribution >= 4 is 22.9 Å². The number of carboxylic acid groups (broad SMARTS) is 1. The molecule has 1 amide bonds. The number of aryl methyl sites for hydroxylation is 1. The van der Waals surface area contributed by atoms with E-state index in [1.54, 1.807) is 6.07 Å². The Kier molecular flexibility index (Phi) is 5.79. The minimum atomic E-state index is -1.07. The molecule has 3 rings (SSSR count). The number of carbonyl (C=O) groups excluding carboxylic acids is 1. The van der Waals surface area contributed by atoms with Gasteiger partial charge in [-0.05, 0) is 24.6 Å². The van der Waals surface area contributed by atoms with Crippen molar-refractivity contribution < 1.29 is 28.6 Å². The van der Waals surface area contributed by atoms with Gasteiger partial charge in [-0.3, -0.25) is 4.79 Å². The van der Waals surface area contributed by atoms with E-state index in [4.69, 9.17) is 14.6 Å². The molecule has 9 heteroatoms. The molecule has 3 N–H and O–H groups in total. The highest BCUT2D eigenvalue weighted by atomic mass is 19.1. The van der Waals surface area contributed by atoms with Crippen LogP contribution in [0.1, 0.15) is 18.7 Å². The second kappa shape index (κ2) is 8.24. The maximum absolute atomic E-state index is 13.2. The Morgan fingerprint density at radius 1 is 1.46 bits per heavy atom. The molecule has 1 aliphatic heterocycles. The van der Waals surface area contributed by atoms with Crippen molar-refractivity contribution in [2.75, 3.05) is 19.8 Å². The van der Waals surface area contributed by atoms with Crippen molar-refractivity contribution in [2.24, 2.45) is 0 Å². The van der Waals surface area contributed by atoms with Crippen molar-refractivity contribution in [3.63, 3.8) is 0 Å². The van der Waals surface area contributed by atoms with E-state index in [0.717, 1.165) is 0 Å². The molecule has 0 unspecified atom stereocenters.